The van der Waals surface area contributed by atoms with Crippen LogP contribution < -0.4 is 11.1 Å². The minimum atomic E-state index is -3.05. The third-order valence-corrected chi connectivity index (χ3v) is 2.41. The van der Waals surface area contributed by atoms with Crippen LogP contribution in [0.15, 0.2) is 0 Å². The van der Waals surface area contributed by atoms with Gasteiger partial charge >= 0.3 is 0 Å². The lowest BCUT2D eigenvalue weighted by Crippen LogP contribution is -2.38. The van der Waals surface area contributed by atoms with Crippen molar-refractivity contribution in [1.82, 2.24) is 5.32 Å². The summed E-state index contributed by atoms with van der Waals surface area (Å²) in [5.41, 5.74) is 5.27. The Labute approximate surface area is 78.6 Å². The Hall–Kier alpha value is -0.620. The molecule has 0 rings (SSSR count). The van der Waals surface area contributed by atoms with Crippen LogP contribution in [0, 0.1) is 0 Å². The van der Waals surface area contributed by atoms with Gasteiger partial charge < -0.3 is 11.1 Å². The highest BCUT2D eigenvalue weighted by molar-refractivity contribution is 7.90. The van der Waals surface area contributed by atoms with E-state index in [-0.39, 0.29) is 24.1 Å². The molecular weight excluding hydrogens is 192 g/mol. The molecule has 0 saturated carbocycles. The second kappa shape index (κ2) is 5.18. The molecule has 78 valence electrons. The summed E-state index contributed by atoms with van der Waals surface area (Å²) >= 11 is 0. The van der Waals surface area contributed by atoms with Crippen molar-refractivity contribution in [2.75, 3.05) is 18.6 Å². The summed E-state index contributed by atoms with van der Waals surface area (Å²) in [6, 6.07) is -0.105. The van der Waals surface area contributed by atoms with Crippen LogP contribution in [0.2, 0.25) is 0 Å². The molecule has 1 atom stereocenters. The number of carbonyl (C=O) groups is 1. The first-order valence-electron chi connectivity index (χ1n) is 4.02. The molecule has 0 fully saturated rings. The maximum absolute atomic E-state index is 11.0. The molecular formula is C7H16N2O3S. The molecule has 0 aliphatic heterocycles. The molecule has 0 aromatic rings. The van der Waals surface area contributed by atoms with Gasteiger partial charge in [0.25, 0.3) is 0 Å². The van der Waals surface area contributed by atoms with Crippen molar-refractivity contribution in [3.05, 3.63) is 0 Å². The van der Waals surface area contributed by atoms with Gasteiger partial charge in [0.2, 0.25) is 5.91 Å². The van der Waals surface area contributed by atoms with Gasteiger partial charge in [-0.05, 0) is 6.92 Å². The van der Waals surface area contributed by atoms with Crippen LogP contribution in [0.1, 0.15) is 13.3 Å². The molecule has 6 heteroatoms. The summed E-state index contributed by atoms with van der Waals surface area (Å²) in [6.07, 6.45) is 1.11. The quantitative estimate of drug-likeness (QED) is 0.599. The average Bonchev–Trinajstić information content (AvgIpc) is 1.99. The normalized spacial score (nSPS) is 13.8. The minimum Gasteiger partial charge on any atom is -0.352 e. The highest BCUT2D eigenvalue weighted by Crippen LogP contribution is 1.89. The summed E-state index contributed by atoms with van der Waals surface area (Å²) in [5, 5.41) is 2.57. The lowest BCUT2D eigenvalue weighted by Gasteiger charge is -2.10. The Bertz CT molecular complexity index is 261. The van der Waals surface area contributed by atoms with Crippen LogP contribution in [0.5, 0.6) is 0 Å². The van der Waals surface area contributed by atoms with Gasteiger partial charge in [-0.3, -0.25) is 4.79 Å². The first kappa shape index (κ1) is 12.4. The molecule has 1 amide bonds. The molecule has 3 N–H and O–H groups in total. The standard InChI is InChI=1S/C7H16N2O3S/c1-6(5-8)9-7(10)3-4-13(2,11)12/h6H,3-5,8H2,1-2H3,(H,9,10). The van der Waals surface area contributed by atoms with E-state index in [1.165, 1.54) is 0 Å². The summed E-state index contributed by atoms with van der Waals surface area (Å²) in [5.74, 6) is -0.390. The van der Waals surface area contributed by atoms with E-state index < -0.39 is 9.84 Å². The number of rotatable bonds is 5. The van der Waals surface area contributed by atoms with Crippen LogP contribution in [0.3, 0.4) is 0 Å². The van der Waals surface area contributed by atoms with Gasteiger partial charge in [-0.2, -0.15) is 0 Å². The van der Waals surface area contributed by atoms with Crippen LogP contribution in [-0.2, 0) is 14.6 Å². The Balaban J connectivity index is 3.77. The van der Waals surface area contributed by atoms with E-state index in [4.69, 9.17) is 5.73 Å². The third kappa shape index (κ3) is 7.73. The monoisotopic (exact) mass is 208 g/mol. The van der Waals surface area contributed by atoms with Crippen molar-refractivity contribution in [2.24, 2.45) is 5.73 Å². The van der Waals surface area contributed by atoms with Gasteiger partial charge in [0, 0.05) is 25.3 Å². The number of hydrogen-bond donors (Lipinski definition) is 2. The zero-order valence-electron chi connectivity index (χ0n) is 7.91. The highest BCUT2D eigenvalue weighted by Gasteiger charge is 2.09. The molecule has 0 saturated heterocycles. The van der Waals surface area contributed by atoms with Crippen molar-refractivity contribution in [3.63, 3.8) is 0 Å². The Morgan fingerprint density at radius 2 is 2.08 bits per heavy atom. The predicted molar refractivity (Wildman–Crippen MR) is 51.0 cm³/mol. The number of amides is 1. The third-order valence-electron chi connectivity index (χ3n) is 1.46. The van der Waals surface area contributed by atoms with Crippen LogP contribution in [-0.4, -0.2) is 38.9 Å². The first-order chi connectivity index (χ1) is 5.85. The smallest absolute Gasteiger partial charge is 0.221 e. The van der Waals surface area contributed by atoms with Crippen LogP contribution in [0.4, 0.5) is 0 Å². The number of nitrogens with one attached hydrogen (secondary N) is 1. The lowest BCUT2D eigenvalue weighted by molar-refractivity contribution is -0.121. The van der Waals surface area contributed by atoms with E-state index in [0.29, 0.717) is 6.54 Å². The molecule has 0 radical (unpaired) electrons. The summed E-state index contributed by atoms with van der Waals surface area (Å²) in [6.45, 7) is 2.11. The number of hydrogen-bond acceptors (Lipinski definition) is 4. The van der Waals surface area contributed by atoms with Crippen molar-refractivity contribution in [1.29, 1.82) is 0 Å². The Morgan fingerprint density at radius 1 is 1.54 bits per heavy atom. The Morgan fingerprint density at radius 3 is 2.46 bits per heavy atom. The zero-order chi connectivity index (χ0) is 10.5. The molecule has 0 aliphatic carbocycles. The van der Waals surface area contributed by atoms with E-state index in [9.17, 15) is 13.2 Å². The number of sulfone groups is 1. The topological polar surface area (TPSA) is 89.3 Å². The van der Waals surface area contributed by atoms with Crippen molar-refractivity contribution in [2.45, 2.75) is 19.4 Å². The first-order valence-corrected chi connectivity index (χ1v) is 6.08. The van der Waals surface area contributed by atoms with Gasteiger partial charge in [0.1, 0.15) is 9.84 Å². The van der Waals surface area contributed by atoms with Gasteiger partial charge in [0.05, 0.1) is 5.75 Å². The number of nitrogens with two attached hydrogens (primary N) is 1. The minimum absolute atomic E-state index is 0.00315. The van der Waals surface area contributed by atoms with Gasteiger partial charge in [-0.1, -0.05) is 0 Å². The maximum Gasteiger partial charge on any atom is 0.221 e. The molecule has 0 aliphatic rings. The second-order valence-electron chi connectivity index (χ2n) is 3.08. The van der Waals surface area contributed by atoms with E-state index in [0.717, 1.165) is 6.26 Å². The van der Waals surface area contributed by atoms with Crippen molar-refractivity contribution in [3.8, 4) is 0 Å². The largest absolute Gasteiger partial charge is 0.352 e. The predicted octanol–water partition coefficient (Wildman–Crippen LogP) is -1.12. The fourth-order valence-corrected chi connectivity index (χ4v) is 1.24. The van der Waals surface area contributed by atoms with E-state index in [1.54, 1.807) is 6.92 Å². The molecule has 0 spiro atoms. The van der Waals surface area contributed by atoms with Crippen LogP contribution >= 0.6 is 0 Å². The van der Waals surface area contributed by atoms with E-state index in [1.807, 2.05) is 0 Å². The molecule has 0 aromatic carbocycles. The second-order valence-corrected chi connectivity index (χ2v) is 5.34. The number of carbonyl (C=O) groups excluding carboxylic acids is 1. The van der Waals surface area contributed by atoms with E-state index >= 15 is 0 Å². The molecule has 0 heterocycles. The van der Waals surface area contributed by atoms with Crippen molar-refractivity contribution < 1.29 is 13.2 Å². The SMILES string of the molecule is CC(CN)NC(=O)CCS(C)(=O)=O. The van der Waals surface area contributed by atoms with Crippen molar-refractivity contribution >= 4 is 15.7 Å². The van der Waals surface area contributed by atoms with Gasteiger partial charge in [0.15, 0.2) is 0 Å². The molecule has 1 unspecified atom stereocenters. The van der Waals surface area contributed by atoms with Gasteiger partial charge in [-0.25, -0.2) is 8.42 Å². The highest BCUT2D eigenvalue weighted by atomic mass is 32.2. The Kier molecular flexibility index (Phi) is 4.94. The van der Waals surface area contributed by atoms with Gasteiger partial charge in [-0.15, -0.1) is 0 Å². The average molecular weight is 208 g/mol. The fraction of sp³-hybridized carbons (Fsp3) is 0.857. The maximum atomic E-state index is 11.0. The zero-order valence-corrected chi connectivity index (χ0v) is 8.73. The fourth-order valence-electron chi connectivity index (χ4n) is 0.684. The summed E-state index contributed by atoms with van der Waals surface area (Å²) in [4.78, 5) is 11.0. The van der Waals surface area contributed by atoms with E-state index in [2.05, 4.69) is 5.32 Å². The lowest BCUT2D eigenvalue weighted by atomic mass is 10.3. The molecule has 0 bridgehead atoms. The molecule has 5 nitrogen and oxygen atoms in total. The summed E-state index contributed by atoms with van der Waals surface area (Å²) in [7, 11) is -3.05. The summed E-state index contributed by atoms with van der Waals surface area (Å²) < 4.78 is 21.4. The molecule has 0 aromatic heterocycles. The van der Waals surface area contributed by atoms with Crippen LogP contribution in [0.25, 0.3) is 0 Å². The molecule has 13 heavy (non-hydrogen) atoms.